The number of ketones is 1. The fourth-order valence-electron chi connectivity index (χ4n) is 0.703. The van der Waals surface area contributed by atoms with Crippen molar-refractivity contribution < 1.29 is 14.3 Å². The van der Waals surface area contributed by atoms with Crippen LogP contribution < -0.4 is 0 Å². The summed E-state index contributed by atoms with van der Waals surface area (Å²) in [6.45, 7) is 7.30. The van der Waals surface area contributed by atoms with Gasteiger partial charge in [0.2, 0.25) is 0 Å². The van der Waals surface area contributed by atoms with Crippen molar-refractivity contribution in [2.75, 3.05) is 6.61 Å². The number of hydrogen-bond acceptors (Lipinski definition) is 3. The highest BCUT2D eigenvalue weighted by Crippen LogP contribution is 2.21. The number of carbonyl (C=O) groups is 2. The molecule has 13 heavy (non-hydrogen) atoms. The fourth-order valence-corrected chi connectivity index (χ4v) is 1.52. The zero-order chi connectivity index (χ0) is 10.6. The van der Waals surface area contributed by atoms with E-state index in [0.717, 1.165) is 0 Å². The average Bonchev–Trinajstić information content (AvgIpc) is 2.00. The van der Waals surface area contributed by atoms with Gasteiger partial charge in [-0.1, -0.05) is 36.7 Å². The quantitative estimate of drug-likeness (QED) is 0.437. The predicted octanol–water partition coefficient (Wildman–Crippen LogP) is 1.93. The van der Waals surface area contributed by atoms with Crippen molar-refractivity contribution in [2.45, 2.75) is 32.5 Å². The lowest BCUT2D eigenvalue weighted by Crippen LogP contribution is -2.35. The van der Waals surface area contributed by atoms with E-state index < -0.39 is 16.2 Å². The molecule has 4 heteroatoms. The van der Waals surface area contributed by atoms with Gasteiger partial charge in [0.05, 0.1) is 6.61 Å². The van der Waals surface area contributed by atoms with Crippen LogP contribution in [0.3, 0.4) is 0 Å². The Bertz CT molecular complexity index is 205. The summed E-state index contributed by atoms with van der Waals surface area (Å²) in [7, 11) is 0. The molecule has 0 saturated carbocycles. The van der Waals surface area contributed by atoms with Gasteiger partial charge in [0.25, 0.3) is 0 Å². The Labute approximate surface area is 87.0 Å². The van der Waals surface area contributed by atoms with E-state index in [-0.39, 0.29) is 5.78 Å². The summed E-state index contributed by atoms with van der Waals surface area (Å²) in [5, 5.41) is 0. The first-order valence-electron chi connectivity index (χ1n) is 4.15. The molecule has 0 aliphatic heterocycles. The van der Waals surface area contributed by atoms with Crippen molar-refractivity contribution in [3.05, 3.63) is 0 Å². The molecule has 76 valence electrons. The maximum Gasteiger partial charge on any atom is 0.327 e. The van der Waals surface area contributed by atoms with Crippen molar-refractivity contribution in [2.24, 2.45) is 5.41 Å². The molecular formula is C9H15BrO3. The number of esters is 1. The third-order valence-electron chi connectivity index (χ3n) is 1.46. The highest BCUT2D eigenvalue weighted by Gasteiger charge is 2.33. The highest BCUT2D eigenvalue weighted by atomic mass is 79.9. The summed E-state index contributed by atoms with van der Waals surface area (Å²) in [4.78, 5) is 21.8. The lowest BCUT2D eigenvalue weighted by molar-refractivity contribution is -0.146. The molecule has 3 nitrogen and oxygen atoms in total. The largest absolute Gasteiger partial charge is 0.465 e. The van der Waals surface area contributed by atoms with Crippen molar-refractivity contribution in [1.29, 1.82) is 0 Å². The Balaban J connectivity index is 4.35. The SMILES string of the molecule is CCOC(=O)C(Br)C(=O)C(C)(C)C. The summed E-state index contributed by atoms with van der Waals surface area (Å²) in [6, 6.07) is 0. The topological polar surface area (TPSA) is 43.4 Å². The second kappa shape index (κ2) is 4.74. The molecule has 0 rings (SSSR count). The molecule has 0 amide bonds. The monoisotopic (exact) mass is 250 g/mol. The summed E-state index contributed by atoms with van der Waals surface area (Å²) < 4.78 is 4.71. The predicted molar refractivity (Wildman–Crippen MR) is 53.8 cm³/mol. The van der Waals surface area contributed by atoms with Crippen molar-refractivity contribution in [1.82, 2.24) is 0 Å². The van der Waals surface area contributed by atoms with Gasteiger partial charge in [-0.15, -0.1) is 0 Å². The number of rotatable bonds is 3. The minimum Gasteiger partial charge on any atom is -0.465 e. The molecule has 0 fully saturated rings. The molecule has 0 heterocycles. The van der Waals surface area contributed by atoms with Gasteiger partial charge in [0, 0.05) is 5.41 Å². The van der Waals surface area contributed by atoms with Crippen LogP contribution in [-0.4, -0.2) is 23.2 Å². The molecule has 0 aromatic carbocycles. The summed E-state index contributed by atoms with van der Waals surface area (Å²) in [5.41, 5.74) is -0.527. The van der Waals surface area contributed by atoms with Gasteiger partial charge in [0.1, 0.15) is 0 Å². The second-order valence-corrected chi connectivity index (χ2v) is 4.64. The number of carbonyl (C=O) groups excluding carboxylic acids is 2. The fraction of sp³-hybridized carbons (Fsp3) is 0.778. The zero-order valence-corrected chi connectivity index (χ0v) is 9.97. The van der Waals surface area contributed by atoms with Gasteiger partial charge in [-0.2, -0.15) is 0 Å². The maximum absolute atomic E-state index is 11.5. The summed E-state index contributed by atoms with van der Waals surface area (Å²) >= 11 is 3.02. The van der Waals surface area contributed by atoms with Crippen LogP contribution in [0.1, 0.15) is 27.7 Å². The molecule has 0 aliphatic carbocycles. The van der Waals surface area contributed by atoms with Crippen LogP contribution in [0.4, 0.5) is 0 Å². The lowest BCUT2D eigenvalue weighted by Gasteiger charge is -2.19. The lowest BCUT2D eigenvalue weighted by atomic mass is 9.89. The standard InChI is InChI=1S/C9H15BrO3/c1-5-13-8(12)6(10)7(11)9(2,3)4/h6H,5H2,1-4H3. The van der Waals surface area contributed by atoms with E-state index in [0.29, 0.717) is 6.61 Å². The number of alkyl halides is 1. The molecule has 0 aromatic rings. The second-order valence-electron chi connectivity index (χ2n) is 3.73. The molecule has 0 N–H and O–H groups in total. The van der Waals surface area contributed by atoms with Gasteiger partial charge >= 0.3 is 5.97 Å². The van der Waals surface area contributed by atoms with Crippen molar-refractivity contribution in [3.8, 4) is 0 Å². The average molecular weight is 251 g/mol. The zero-order valence-electron chi connectivity index (χ0n) is 8.39. The van der Waals surface area contributed by atoms with E-state index in [1.54, 1.807) is 27.7 Å². The first-order valence-corrected chi connectivity index (χ1v) is 5.07. The van der Waals surface area contributed by atoms with E-state index in [9.17, 15) is 9.59 Å². The van der Waals surface area contributed by atoms with Crippen LogP contribution in [-0.2, 0) is 14.3 Å². The van der Waals surface area contributed by atoms with Gasteiger partial charge in [-0.25, -0.2) is 0 Å². The van der Waals surface area contributed by atoms with E-state index in [2.05, 4.69) is 15.9 Å². The van der Waals surface area contributed by atoms with Crippen LogP contribution in [0.2, 0.25) is 0 Å². The van der Waals surface area contributed by atoms with E-state index in [1.165, 1.54) is 0 Å². The van der Waals surface area contributed by atoms with Crippen LogP contribution in [0, 0.1) is 5.41 Å². The Morgan fingerprint density at radius 1 is 1.38 bits per heavy atom. The molecule has 1 atom stereocenters. The minimum absolute atomic E-state index is 0.161. The third kappa shape index (κ3) is 3.89. The van der Waals surface area contributed by atoms with Gasteiger partial charge in [-0.05, 0) is 6.92 Å². The molecule has 0 spiro atoms. The maximum atomic E-state index is 11.5. The molecule has 0 radical (unpaired) electrons. The Morgan fingerprint density at radius 2 is 1.85 bits per heavy atom. The number of hydrogen-bond donors (Lipinski definition) is 0. The Kier molecular flexibility index (Phi) is 4.61. The van der Waals surface area contributed by atoms with Crippen LogP contribution in [0.25, 0.3) is 0 Å². The summed E-state index contributed by atoms with van der Waals surface area (Å²) in [6.07, 6.45) is 0. The number of ether oxygens (including phenoxy) is 1. The normalized spacial score (nSPS) is 13.6. The van der Waals surface area contributed by atoms with Gasteiger partial charge in [-0.3, -0.25) is 9.59 Å². The van der Waals surface area contributed by atoms with E-state index >= 15 is 0 Å². The first-order chi connectivity index (χ1) is 5.80. The van der Waals surface area contributed by atoms with Gasteiger partial charge < -0.3 is 4.74 Å². The molecule has 0 saturated heterocycles. The minimum atomic E-state index is -0.840. The van der Waals surface area contributed by atoms with E-state index in [4.69, 9.17) is 4.74 Å². The van der Waals surface area contributed by atoms with Crippen molar-refractivity contribution >= 4 is 27.7 Å². The molecule has 0 aromatic heterocycles. The molecule has 0 bridgehead atoms. The Hall–Kier alpha value is -0.380. The van der Waals surface area contributed by atoms with E-state index in [1.807, 2.05) is 0 Å². The molecule has 0 aliphatic rings. The molecule has 1 unspecified atom stereocenters. The van der Waals surface area contributed by atoms with Crippen molar-refractivity contribution in [3.63, 3.8) is 0 Å². The highest BCUT2D eigenvalue weighted by molar-refractivity contribution is 9.10. The Morgan fingerprint density at radius 3 is 2.15 bits per heavy atom. The first kappa shape index (κ1) is 12.6. The third-order valence-corrected chi connectivity index (χ3v) is 2.25. The van der Waals surface area contributed by atoms with Gasteiger partial charge in [0.15, 0.2) is 10.6 Å². The summed E-state index contributed by atoms with van der Waals surface area (Å²) in [5.74, 6) is -0.673. The number of halogens is 1. The smallest absolute Gasteiger partial charge is 0.327 e. The van der Waals surface area contributed by atoms with Crippen LogP contribution >= 0.6 is 15.9 Å². The number of Topliss-reactive ketones (excluding diaryl/α,β-unsaturated/α-hetero) is 1. The molecular weight excluding hydrogens is 236 g/mol. The van der Waals surface area contributed by atoms with Crippen LogP contribution in [0.5, 0.6) is 0 Å². The van der Waals surface area contributed by atoms with Crippen LogP contribution in [0.15, 0.2) is 0 Å².